The number of hydrogen-bond donors (Lipinski definition) is 1. The van der Waals surface area contributed by atoms with Crippen LogP contribution in [0.15, 0.2) is 29.3 Å². The molecule has 0 aromatic heterocycles. The number of benzene rings is 1. The van der Waals surface area contributed by atoms with E-state index in [1.165, 1.54) is 5.56 Å². The Labute approximate surface area is 99.3 Å². The Balaban J connectivity index is 1.74. The highest BCUT2D eigenvalue weighted by molar-refractivity contribution is 8.14. The Hall–Kier alpha value is -1.16. The highest BCUT2D eigenvalue weighted by Crippen LogP contribution is 2.32. The van der Waals surface area contributed by atoms with E-state index in [4.69, 9.17) is 4.74 Å². The van der Waals surface area contributed by atoms with Crippen LogP contribution in [0.1, 0.15) is 18.5 Å². The molecule has 4 heteroatoms. The van der Waals surface area contributed by atoms with Gasteiger partial charge in [0.05, 0.1) is 12.6 Å². The predicted molar refractivity (Wildman–Crippen MR) is 67.2 cm³/mol. The van der Waals surface area contributed by atoms with Crippen LogP contribution >= 0.6 is 11.8 Å². The van der Waals surface area contributed by atoms with Crippen LogP contribution in [0.4, 0.5) is 0 Å². The normalized spacial score (nSPS) is 27.2. The fraction of sp³-hybridized carbons (Fsp3) is 0.417. The van der Waals surface area contributed by atoms with Gasteiger partial charge in [-0.3, -0.25) is 4.99 Å². The van der Waals surface area contributed by atoms with E-state index in [0.29, 0.717) is 11.9 Å². The molecule has 0 radical (unpaired) electrons. The lowest BCUT2D eigenvalue weighted by molar-refractivity contribution is 0.325. The zero-order valence-electron chi connectivity index (χ0n) is 9.14. The van der Waals surface area contributed by atoms with Gasteiger partial charge in [-0.1, -0.05) is 36.9 Å². The quantitative estimate of drug-likeness (QED) is 0.808. The van der Waals surface area contributed by atoms with Gasteiger partial charge in [-0.15, -0.1) is 0 Å². The van der Waals surface area contributed by atoms with Crippen LogP contribution in [0.2, 0.25) is 0 Å². The molecule has 2 aliphatic rings. The summed E-state index contributed by atoms with van der Waals surface area (Å²) in [4.78, 5) is 4.47. The summed E-state index contributed by atoms with van der Waals surface area (Å²) >= 11 is 1.81. The van der Waals surface area contributed by atoms with Gasteiger partial charge in [0.2, 0.25) is 0 Å². The minimum absolute atomic E-state index is 0.257. The van der Waals surface area contributed by atoms with Crippen molar-refractivity contribution in [2.45, 2.75) is 18.2 Å². The molecule has 2 aliphatic heterocycles. The second kappa shape index (κ2) is 4.01. The molecule has 0 aliphatic carbocycles. The van der Waals surface area contributed by atoms with E-state index in [1.54, 1.807) is 0 Å². The predicted octanol–water partition coefficient (Wildman–Crippen LogP) is 2.20. The maximum absolute atomic E-state index is 5.62. The fourth-order valence-corrected chi connectivity index (χ4v) is 2.88. The molecule has 0 saturated heterocycles. The Bertz CT molecular complexity index is 433. The Morgan fingerprint density at radius 1 is 1.44 bits per heavy atom. The summed E-state index contributed by atoms with van der Waals surface area (Å²) in [6.45, 7) is 3.82. The van der Waals surface area contributed by atoms with Crippen molar-refractivity contribution in [3.05, 3.63) is 29.8 Å². The van der Waals surface area contributed by atoms with E-state index in [0.717, 1.165) is 17.5 Å². The first-order chi connectivity index (χ1) is 7.83. The summed E-state index contributed by atoms with van der Waals surface area (Å²) in [5.41, 5.74) is 1.24. The molecule has 0 fully saturated rings. The second-order valence-electron chi connectivity index (χ2n) is 4.12. The second-order valence-corrected chi connectivity index (χ2v) is 5.55. The highest BCUT2D eigenvalue weighted by atomic mass is 32.2. The highest BCUT2D eigenvalue weighted by Gasteiger charge is 2.26. The van der Waals surface area contributed by atoms with E-state index in [2.05, 4.69) is 29.4 Å². The first-order valence-electron chi connectivity index (χ1n) is 5.52. The maximum Gasteiger partial charge on any atom is 0.157 e. The van der Waals surface area contributed by atoms with Crippen molar-refractivity contribution < 1.29 is 4.74 Å². The van der Waals surface area contributed by atoms with Crippen molar-refractivity contribution in [2.24, 2.45) is 4.99 Å². The summed E-state index contributed by atoms with van der Waals surface area (Å²) < 4.78 is 5.62. The molecular formula is C12H14N2OS. The fourth-order valence-electron chi connectivity index (χ4n) is 1.99. The number of thioether (sulfide) groups is 1. The van der Waals surface area contributed by atoms with Gasteiger partial charge in [-0.05, 0) is 6.07 Å². The molecule has 1 aromatic rings. The van der Waals surface area contributed by atoms with E-state index in [1.807, 2.05) is 23.9 Å². The minimum atomic E-state index is 0.257. The number of hydrogen-bond acceptors (Lipinski definition) is 4. The van der Waals surface area contributed by atoms with Crippen molar-refractivity contribution in [1.29, 1.82) is 0 Å². The lowest BCUT2D eigenvalue weighted by atomic mass is 10.1. The molecule has 1 aromatic carbocycles. The monoisotopic (exact) mass is 234 g/mol. The smallest absolute Gasteiger partial charge is 0.157 e. The molecule has 2 atom stereocenters. The third kappa shape index (κ3) is 1.78. The van der Waals surface area contributed by atoms with E-state index in [9.17, 15) is 0 Å². The molecule has 0 amide bonds. The molecule has 3 nitrogen and oxygen atoms in total. The Morgan fingerprint density at radius 2 is 2.31 bits per heavy atom. The third-order valence-corrected chi connectivity index (χ3v) is 3.82. The van der Waals surface area contributed by atoms with Crippen LogP contribution in [0, 0.1) is 0 Å². The first-order valence-corrected chi connectivity index (χ1v) is 6.40. The largest absolute Gasteiger partial charge is 0.491 e. The van der Waals surface area contributed by atoms with E-state index in [-0.39, 0.29) is 6.04 Å². The van der Waals surface area contributed by atoms with Gasteiger partial charge >= 0.3 is 0 Å². The number of nitrogens with zero attached hydrogens (tertiary/aromatic N) is 1. The molecule has 3 rings (SSSR count). The first kappa shape index (κ1) is 10.0. The Kier molecular flexibility index (Phi) is 2.52. The molecule has 0 spiro atoms. The average molecular weight is 234 g/mol. The van der Waals surface area contributed by atoms with E-state index >= 15 is 0 Å². The summed E-state index contributed by atoms with van der Waals surface area (Å²) in [5, 5.41) is 5.10. The lowest BCUT2D eigenvalue weighted by Gasteiger charge is -2.12. The molecule has 16 heavy (non-hydrogen) atoms. The van der Waals surface area contributed by atoms with Gasteiger partial charge < -0.3 is 10.1 Å². The van der Waals surface area contributed by atoms with Crippen molar-refractivity contribution in [3.63, 3.8) is 0 Å². The van der Waals surface area contributed by atoms with Crippen LogP contribution in [0.3, 0.4) is 0 Å². The molecular weight excluding hydrogens is 220 g/mol. The average Bonchev–Trinajstić information content (AvgIpc) is 2.87. The number of rotatable bonds is 1. The number of para-hydroxylation sites is 1. The molecule has 84 valence electrons. The minimum Gasteiger partial charge on any atom is -0.491 e. The summed E-state index contributed by atoms with van der Waals surface area (Å²) in [5.74, 6) is 0.997. The van der Waals surface area contributed by atoms with Gasteiger partial charge in [0.1, 0.15) is 12.4 Å². The van der Waals surface area contributed by atoms with Crippen LogP contribution in [-0.4, -0.2) is 23.6 Å². The van der Waals surface area contributed by atoms with Crippen LogP contribution in [0.25, 0.3) is 0 Å². The molecule has 1 N–H and O–H groups in total. The van der Waals surface area contributed by atoms with Gasteiger partial charge in [0.25, 0.3) is 0 Å². The maximum atomic E-state index is 5.62. The third-order valence-electron chi connectivity index (χ3n) is 2.80. The topological polar surface area (TPSA) is 33.6 Å². The SMILES string of the molecule is CC1CN=C(NC2COc3ccccc32)S1. The van der Waals surface area contributed by atoms with Gasteiger partial charge in [-0.2, -0.15) is 0 Å². The van der Waals surface area contributed by atoms with E-state index < -0.39 is 0 Å². The van der Waals surface area contributed by atoms with Crippen molar-refractivity contribution in [2.75, 3.05) is 13.2 Å². The Morgan fingerprint density at radius 3 is 3.12 bits per heavy atom. The molecule has 0 saturated carbocycles. The number of fused-ring (bicyclic) bond motifs is 1. The zero-order chi connectivity index (χ0) is 11.0. The van der Waals surface area contributed by atoms with Gasteiger partial charge in [0.15, 0.2) is 5.17 Å². The molecule has 2 unspecified atom stereocenters. The van der Waals surface area contributed by atoms with Crippen LogP contribution in [0.5, 0.6) is 5.75 Å². The zero-order valence-corrected chi connectivity index (χ0v) is 9.96. The molecule has 0 bridgehead atoms. The van der Waals surface area contributed by atoms with Gasteiger partial charge in [0, 0.05) is 10.8 Å². The number of aliphatic imine (C=N–C) groups is 1. The van der Waals surface area contributed by atoms with Crippen LogP contribution in [-0.2, 0) is 0 Å². The number of ether oxygens (including phenoxy) is 1. The summed E-state index contributed by atoms with van der Waals surface area (Å²) in [7, 11) is 0. The van der Waals surface area contributed by atoms with Gasteiger partial charge in [-0.25, -0.2) is 0 Å². The lowest BCUT2D eigenvalue weighted by Crippen LogP contribution is -2.26. The van der Waals surface area contributed by atoms with Crippen LogP contribution < -0.4 is 10.1 Å². The number of amidine groups is 1. The summed E-state index contributed by atoms with van der Waals surface area (Å²) in [6.07, 6.45) is 0. The number of nitrogens with one attached hydrogen (secondary N) is 1. The van der Waals surface area contributed by atoms with Crippen molar-refractivity contribution in [1.82, 2.24) is 5.32 Å². The molecule has 2 heterocycles. The van der Waals surface area contributed by atoms with Crippen molar-refractivity contribution >= 4 is 16.9 Å². The summed E-state index contributed by atoms with van der Waals surface area (Å²) in [6, 6.07) is 8.44. The van der Waals surface area contributed by atoms with Crippen molar-refractivity contribution in [3.8, 4) is 5.75 Å². The standard InChI is InChI=1S/C12H14N2OS/c1-8-6-13-12(16-8)14-10-7-15-11-5-3-2-4-9(10)11/h2-5,8,10H,6-7H2,1H3,(H,13,14).